The Bertz CT molecular complexity index is 357. The highest BCUT2D eigenvalue weighted by atomic mass is 16.5. The van der Waals surface area contributed by atoms with Crippen LogP contribution in [0.1, 0.15) is 52.4 Å². The van der Waals surface area contributed by atoms with Crippen LogP contribution in [0.5, 0.6) is 0 Å². The smallest absolute Gasteiger partial charge is 0.315 e. The van der Waals surface area contributed by atoms with Gasteiger partial charge in [-0.1, -0.05) is 12.8 Å². The van der Waals surface area contributed by atoms with Crippen LogP contribution in [0.15, 0.2) is 0 Å². The number of nitrogens with zero attached hydrogens (tertiary/aromatic N) is 1. The van der Waals surface area contributed by atoms with Gasteiger partial charge in [-0.3, -0.25) is 4.90 Å². The lowest BCUT2D eigenvalue weighted by molar-refractivity contribution is 0.00775. The number of aliphatic hydroxyl groups excluding tert-OH is 1. The Morgan fingerprint density at radius 3 is 2.57 bits per heavy atom. The summed E-state index contributed by atoms with van der Waals surface area (Å²) >= 11 is 0. The third-order valence-corrected chi connectivity index (χ3v) is 4.87. The van der Waals surface area contributed by atoms with Gasteiger partial charge in [-0.2, -0.15) is 0 Å². The Morgan fingerprint density at radius 2 is 1.91 bits per heavy atom. The first kappa shape index (κ1) is 18.5. The summed E-state index contributed by atoms with van der Waals surface area (Å²) in [6, 6.07) is 0.457. The summed E-state index contributed by atoms with van der Waals surface area (Å²) in [6.45, 7) is 6.97. The van der Waals surface area contributed by atoms with Crippen molar-refractivity contribution in [3.8, 4) is 0 Å². The van der Waals surface area contributed by atoms with Gasteiger partial charge in [0.05, 0.1) is 18.8 Å². The molecule has 2 fully saturated rings. The van der Waals surface area contributed by atoms with Crippen molar-refractivity contribution in [2.45, 2.75) is 76.7 Å². The Morgan fingerprint density at radius 1 is 1.22 bits per heavy atom. The molecule has 0 aromatic heterocycles. The monoisotopic (exact) mass is 327 g/mol. The van der Waals surface area contributed by atoms with Crippen molar-refractivity contribution in [2.24, 2.45) is 0 Å². The van der Waals surface area contributed by atoms with Crippen LogP contribution in [0.3, 0.4) is 0 Å². The first-order chi connectivity index (χ1) is 11.1. The molecule has 1 aliphatic heterocycles. The van der Waals surface area contributed by atoms with Gasteiger partial charge < -0.3 is 20.5 Å². The number of likely N-dealkylation sites (tertiary alicyclic amines) is 1. The van der Waals surface area contributed by atoms with Gasteiger partial charge in [0.1, 0.15) is 0 Å². The van der Waals surface area contributed by atoms with Crippen LogP contribution in [-0.4, -0.2) is 66.6 Å². The van der Waals surface area contributed by atoms with Gasteiger partial charge >= 0.3 is 6.03 Å². The average molecular weight is 327 g/mol. The highest BCUT2D eigenvalue weighted by molar-refractivity contribution is 5.74. The zero-order chi connectivity index (χ0) is 16.7. The average Bonchev–Trinajstić information content (AvgIpc) is 2.53. The minimum Gasteiger partial charge on any atom is -0.391 e. The van der Waals surface area contributed by atoms with Crippen molar-refractivity contribution in [1.82, 2.24) is 15.5 Å². The lowest BCUT2D eigenvalue weighted by atomic mass is 9.89. The maximum Gasteiger partial charge on any atom is 0.315 e. The van der Waals surface area contributed by atoms with E-state index in [1.165, 1.54) is 6.42 Å². The SMILES string of the molecule is CC(C)OCCNC(=O)NC1CCN([C@H]2CCCC[C@@H]2O)CC1. The van der Waals surface area contributed by atoms with Crippen molar-refractivity contribution < 1.29 is 14.6 Å². The summed E-state index contributed by atoms with van der Waals surface area (Å²) in [6.07, 6.45) is 6.35. The number of carbonyl (C=O) groups is 1. The van der Waals surface area contributed by atoms with Gasteiger partial charge in [-0.05, 0) is 39.5 Å². The predicted octanol–water partition coefficient (Wildman–Crippen LogP) is 1.48. The number of urea groups is 1. The number of hydrogen-bond donors (Lipinski definition) is 3. The van der Waals surface area contributed by atoms with Gasteiger partial charge in [0.25, 0.3) is 0 Å². The highest BCUT2D eigenvalue weighted by Gasteiger charge is 2.31. The van der Waals surface area contributed by atoms with Gasteiger partial charge in [0.15, 0.2) is 0 Å². The molecule has 6 nitrogen and oxygen atoms in total. The Labute approximate surface area is 139 Å². The molecule has 1 aliphatic carbocycles. The second kappa shape index (κ2) is 9.45. The van der Waals surface area contributed by atoms with Gasteiger partial charge in [-0.25, -0.2) is 4.79 Å². The summed E-state index contributed by atoms with van der Waals surface area (Å²) in [5.74, 6) is 0. The van der Waals surface area contributed by atoms with Crippen LogP contribution in [0.2, 0.25) is 0 Å². The molecule has 2 atom stereocenters. The zero-order valence-corrected chi connectivity index (χ0v) is 14.6. The van der Waals surface area contributed by atoms with E-state index in [9.17, 15) is 9.90 Å². The molecule has 2 rings (SSSR count). The standard InChI is InChI=1S/C17H33N3O3/c1-13(2)23-12-9-18-17(22)19-14-7-10-20(11-8-14)15-5-3-4-6-16(15)21/h13-16,21H,3-12H2,1-2H3,(H2,18,19,22)/t15-,16-/m0/s1. The third kappa shape index (κ3) is 6.28. The fraction of sp³-hybridized carbons (Fsp3) is 0.941. The molecular formula is C17H33N3O3. The van der Waals surface area contributed by atoms with Crippen molar-refractivity contribution >= 4 is 6.03 Å². The molecule has 23 heavy (non-hydrogen) atoms. The number of ether oxygens (including phenoxy) is 1. The molecule has 2 aliphatic rings. The number of hydrogen-bond acceptors (Lipinski definition) is 4. The molecule has 1 saturated carbocycles. The molecule has 2 amide bonds. The first-order valence-corrected chi connectivity index (χ1v) is 9.14. The molecular weight excluding hydrogens is 294 g/mol. The minimum atomic E-state index is -0.169. The predicted molar refractivity (Wildman–Crippen MR) is 90.5 cm³/mol. The summed E-state index contributed by atoms with van der Waals surface area (Å²) < 4.78 is 5.40. The van der Waals surface area contributed by atoms with Crippen molar-refractivity contribution in [2.75, 3.05) is 26.2 Å². The van der Waals surface area contributed by atoms with E-state index in [1.54, 1.807) is 0 Å². The first-order valence-electron chi connectivity index (χ1n) is 9.14. The zero-order valence-electron chi connectivity index (χ0n) is 14.6. The second-order valence-electron chi connectivity index (χ2n) is 7.05. The molecule has 1 heterocycles. The molecule has 6 heteroatoms. The molecule has 3 N–H and O–H groups in total. The van der Waals surface area contributed by atoms with E-state index >= 15 is 0 Å². The van der Waals surface area contributed by atoms with Crippen LogP contribution < -0.4 is 10.6 Å². The Hall–Kier alpha value is -0.850. The maximum atomic E-state index is 11.9. The van der Waals surface area contributed by atoms with E-state index in [4.69, 9.17) is 4.74 Å². The normalized spacial score (nSPS) is 27.1. The lowest BCUT2D eigenvalue weighted by Gasteiger charge is -2.41. The largest absolute Gasteiger partial charge is 0.391 e. The van der Waals surface area contributed by atoms with Crippen molar-refractivity contribution in [3.05, 3.63) is 0 Å². The third-order valence-electron chi connectivity index (χ3n) is 4.87. The molecule has 0 spiro atoms. The van der Waals surface area contributed by atoms with Crippen LogP contribution in [0, 0.1) is 0 Å². The van der Waals surface area contributed by atoms with E-state index < -0.39 is 0 Å². The molecule has 134 valence electrons. The Kier molecular flexibility index (Phi) is 7.59. The van der Waals surface area contributed by atoms with E-state index in [2.05, 4.69) is 15.5 Å². The number of nitrogens with one attached hydrogen (secondary N) is 2. The molecule has 0 aromatic rings. The maximum absolute atomic E-state index is 11.9. The minimum absolute atomic E-state index is 0.103. The van der Waals surface area contributed by atoms with Crippen LogP contribution in [0.4, 0.5) is 4.79 Å². The molecule has 0 aromatic carbocycles. The van der Waals surface area contributed by atoms with Crippen molar-refractivity contribution in [3.63, 3.8) is 0 Å². The van der Waals surface area contributed by atoms with Crippen molar-refractivity contribution in [1.29, 1.82) is 0 Å². The fourth-order valence-corrected chi connectivity index (χ4v) is 3.59. The summed E-state index contributed by atoms with van der Waals surface area (Å²) in [5, 5.41) is 16.0. The number of carbonyl (C=O) groups excluding carboxylic acids is 1. The molecule has 0 unspecified atom stereocenters. The van der Waals surface area contributed by atoms with E-state index in [1.807, 2.05) is 13.8 Å². The number of rotatable bonds is 6. The number of piperidine rings is 1. The van der Waals surface area contributed by atoms with Gasteiger partial charge in [0, 0.05) is 31.7 Å². The molecule has 0 radical (unpaired) electrons. The van der Waals surface area contributed by atoms with E-state index in [0.717, 1.165) is 45.2 Å². The van der Waals surface area contributed by atoms with Crippen LogP contribution >= 0.6 is 0 Å². The summed E-state index contributed by atoms with van der Waals surface area (Å²) in [7, 11) is 0. The van der Waals surface area contributed by atoms with E-state index in [-0.39, 0.29) is 24.3 Å². The molecule has 0 bridgehead atoms. The second-order valence-corrected chi connectivity index (χ2v) is 7.05. The van der Waals surface area contributed by atoms with Gasteiger partial charge in [-0.15, -0.1) is 0 Å². The summed E-state index contributed by atoms with van der Waals surface area (Å²) in [5.41, 5.74) is 0. The fourth-order valence-electron chi connectivity index (χ4n) is 3.59. The van der Waals surface area contributed by atoms with Gasteiger partial charge in [0.2, 0.25) is 0 Å². The topological polar surface area (TPSA) is 73.8 Å². The molecule has 1 saturated heterocycles. The quantitative estimate of drug-likeness (QED) is 0.646. The lowest BCUT2D eigenvalue weighted by Crippen LogP contribution is -2.53. The number of amides is 2. The van der Waals surface area contributed by atoms with Crippen LogP contribution in [0.25, 0.3) is 0 Å². The Balaban J connectivity index is 1.61. The number of aliphatic hydroxyl groups is 1. The summed E-state index contributed by atoms with van der Waals surface area (Å²) in [4.78, 5) is 14.3. The van der Waals surface area contributed by atoms with E-state index in [0.29, 0.717) is 19.2 Å². The highest BCUT2D eigenvalue weighted by Crippen LogP contribution is 2.25. The van der Waals surface area contributed by atoms with Crippen LogP contribution in [-0.2, 0) is 4.74 Å².